The molecule has 196 valence electrons. The number of aryl methyl sites for hydroxylation is 1. The number of ether oxygens (including phenoxy) is 2. The maximum atomic E-state index is 13.2. The number of amides is 3. The van der Waals surface area contributed by atoms with Crippen LogP contribution in [0, 0.1) is 6.92 Å². The lowest BCUT2D eigenvalue weighted by atomic mass is 10.1. The van der Waals surface area contributed by atoms with Crippen LogP contribution in [-0.4, -0.2) is 43.2 Å². The largest absolute Gasteiger partial charge is 0.493 e. The summed E-state index contributed by atoms with van der Waals surface area (Å²) in [7, 11) is 3.10. The fourth-order valence-electron chi connectivity index (χ4n) is 3.96. The molecule has 0 aliphatic carbocycles. The van der Waals surface area contributed by atoms with Crippen LogP contribution >= 0.6 is 11.6 Å². The smallest absolute Gasteiger partial charge is 0.328 e. The average molecular weight is 535 g/mol. The first kappa shape index (κ1) is 26.6. The van der Waals surface area contributed by atoms with E-state index in [1.165, 1.54) is 4.68 Å². The topological polar surface area (TPSA) is 111 Å². The van der Waals surface area contributed by atoms with Gasteiger partial charge in [-0.05, 0) is 66.9 Å². The van der Waals surface area contributed by atoms with Crippen LogP contribution in [0.4, 0.5) is 5.69 Å². The van der Waals surface area contributed by atoms with Gasteiger partial charge in [0.1, 0.15) is 5.69 Å². The van der Waals surface area contributed by atoms with Gasteiger partial charge < -0.3 is 20.1 Å². The number of rotatable bonds is 8. The fraction of sp³-hybridized carbons (Fsp3) is 0.179. The van der Waals surface area contributed by atoms with Crippen molar-refractivity contribution in [1.82, 2.24) is 9.99 Å². The molecule has 4 aromatic rings. The van der Waals surface area contributed by atoms with E-state index in [4.69, 9.17) is 21.1 Å². The van der Waals surface area contributed by atoms with Crippen LogP contribution in [0.3, 0.4) is 0 Å². The quantitative estimate of drug-likeness (QED) is 0.292. The summed E-state index contributed by atoms with van der Waals surface area (Å²) in [5.41, 5.74) is 5.59. The predicted octanol–water partition coefficient (Wildman–Crippen LogP) is 4.30. The van der Waals surface area contributed by atoms with E-state index in [9.17, 15) is 14.4 Å². The van der Waals surface area contributed by atoms with Crippen LogP contribution in [0.25, 0.3) is 10.9 Å². The summed E-state index contributed by atoms with van der Waals surface area (Å²) in [5, 5.41) is 6.55. The van der Waals surface area contributed by atoms with Crippen LogP contribution in [-0.2, 0) is 16.0 Å². The van der Waals surface area contributed by atoms with Gasteiger partial charge in [0.2, 0.25) is 0 Å². The number of halogens is 1. The Labute approximate surface area is 224 Å². The molecule has 3 aromatic carbocycles. The molecule has 0 atom stereocenters. The van der Waals surface area contributed by atoms with E-state index in [1.54, 1.807) is 50.6 Å². The van der Waals surface area contributed by atoms with E-state index < -0.39 is 17.7 Å². The molecule has 0 aliphatic heterocycles. The monoisotopic (exact) mass is 534 g/mol. The Morgan fingerprint density at radius 1 is 0.895 bits per heavy atom. The summed E-state index contributed by atoms with van der Waals surface area (Å²) >= 11 is 6.13. The first-order valence-electron chi connectivity index (χ1n) is 11.8. The minimum atomic E-state index is -0.922. The molecule has 0 spiro atoms. The predicted molar refractivity (Wildman–Crippen MR) is 147 cm³/mol. The molecule has 0 radical (unpaired) electrons. The number of anilines is 1. The van der Waals surface area contributed by atoms with Gasteiger partial charge in [0.15, 0.2) is 11.5 Å². The molecule has 0 fully saturated rings. The van der Waals surface area contributed by atoms with Crippen LogP contribution in [0.1, 0.15) is 21.6 Å². The molecule has 0 aliphatic rings. The van der Waals surface area contributed by atoms with Crippen molar-refractivity contribution >= 4 is 45.9 Å². The third-order valence-electron chi connectivity index (χ3n) is 5.96. The number of fused-ring (bicyclic) bond motifs is 1. The summed E-state index contributed by atoms with van der Waals surface area (Å²) in [6, 6.07) is 19.3. The lowest BCUT2D eigenvalue weighted by molar-refractivity contribution is -0.136. The number of hydrogen-bond donors (Lipinski definition) is 3. The van der Waals surface area contributed by atoms with Gasteiger partial charge in [-0.1, -0.05) is 35.9 Å². The van der Waals surface area contributed by atoms with Gasteiger partial charge >= 0.3 is 11.8 Å². The summed E-state index contributed by atoms with van der Waals surface area (Å²) in [6.45, 7) is 2.09. The maximum absolute atomic E-state index is 13.2. The Kier molecular flexibility index (Phi) is 8.18. The number of nitrogens with one attached hydrogen (secondary N) is 3. The van der Waals surface area contributed by atoms with Gasteiger partial charge in [-0.3, -0.25) is 19.8 Å². The van der Waals surface area contributed by atoms with Gasteiger partial charge in [0, 0.05) is 22.6 Å². The molecule has 3 amide bonds. The number of nitrogens with zero attached hydrogens (tertiary/aromatic N) is 1. The third-order valence-corrected chi connectivity index (χ3v) is 6.19. The number of benzene rings is 3. The van der Waals surface area contributed by atoms with E-state index in [1.807, 2.05) is 37.3 Å². The van der Waals surface area contributed by atoms with Crippen molar-refractivity contribution in [1.29, 1.82) is 0 Å². The highest BCUT2D eigenvalue weighted by Crippen LogP contribution is 2.27. The van der Waals surface area contributed by atoms with Crippen molar-refractivity contribution in [3.63, 3.8) is 0 Å². The Bertz CT molecular complexity index is 1510. The number of para-hydroxylation sites is 1. The Morgan fingerprint density at radius 2 is 1.66 bits per heavy atom. The lowest BCUT2D eigenvalue weighted by Crippen LogP contribution is -2.40. The normalized spacial score (nSPS) is 10.6. The van der Waals surface area contributed by atoms with E-state index in [2.05, 4.69) is 16.1 Å². The zero-order valence-electron chi connectivity index (χ0n) is 21.1. The summed E-state index contributed by atoms with van der Waals surface area (Å²) < 4.78 is 11.8. The minimum absolute atomic E-state index is 0.136. The molecule has 0 bridgehead atoms. The Hall–Kier alpha value is -4.50. The third kappa shape index (κ3) is 5.90. The zero-order valence-corrected chi connectivity index (χ0v) is 21.9. The summed E-state index contributed by atoms with van der Waals surface area (Å²) in [4.78, 5) is 38.6. The van der Waals surface area contributed by atoms with E-state index in [0.717, 1.165) is 11.1 Å². The minimum Gasteiger partial charge on any atom is -0.493 e. The Balaban J connectivity index is 1.48. The molecule has 9 nitrogen and oxygen atoms in total. The van der Waals surface area contributed by atoms with Crippen molar-refractivity contribution in [2.45, 2.75) is 13.3 Å². The van der Waals surface area contributed by atoms with Gasteiger partial charge in [0.05, 0.1) is 19.7 Å². The maximum Gasteiger partial charge on any atom is 0.328 e. The van der Waals surface area contributed by atoms with Crippen LogP contribution in [0.15, 0.2) is 66.7 Å². The van der Waals surface area contributed by atoms with Crippen molar-refractivity contribution < 1.29 is 23.9 Å². The molecular formula is C28H27ClN4O5. The molecule has 0 unspecified atom stereocenters. The molecule has 0 saturated heterocycles. The van der Waals surface area contributed by atoms with Gasteiger partial charge in [0.25, 0.3) is 5.91 Å². The lowest BCUT2D eigenvalue weighted by Gasteiger charge is -2.13. The summed E-state index contributed by atoms with van der Waals surface area (Å²) in [6.07, 6.45) is 0.467. The average Bonchev–Trinajstić information content (AvgIpc) is 3.26. The van der Waals surface area contributed by atoms with Crippen molar-refractivity contribution in [2.24, 2.45) is 0 Å². The van der Waals surface area contributed by atoms with E-state index >= 15 is 0 Å². The SMILES string of the molecule is COc1ccc(CCNC(=O)C(=O)Nn2c(C(=O)Nc3ccccc3C)cc3cc(Cl)ccc32)cc1OC. The molecule has 1 heterocycles. The van der Waals surface area contributed by atoms with Crippen molar-refractivity contribution in [3.05, 3.63) is 88.6 Å². The molecule has 0 saturated carbocycles. The van der Waals surface area contributed by atoms with Gasteiger partial charge in [-0.2, -0.15) is 0 Å². The molecule has 1 aromatic heterocycles. The molecular weight excluding hydrogens is 508 g/mol. The number of carbonyl (C=O) groups excluding carboxylic acids is 3. The van der Waals surface area contributed by atoms with Crippen LogP contribution in [0.2, 0.25) is 5.02 Å². The number of carbonyl (C=O) groups is 3. The van der Waals surface area contributed by atoms with Crippen LogP contribution < -0.4 is 25.5 Å². The number of methoxy groups -OCH3 is 2. The highest BCUT2D eigenvalue weighted by molar-refractivity contribution is 6.38. The van der Waals surface area contributed by atoms with Crippen molar-refractivity contribution in [3.8, 4) is 11.5 Å². The first-order valence-corrected chi connectivity index (χ1v) is 12.2. The number of hydrogen-bond acceptors (Lipinski definition) is 5. The fourth-order valence-corrected chi connectivity index (χ4v) is 4.14. The second-order valence-corrected chi connectivity index (χ2v) is 8.91. The van der Waals surface area contributed by atoms with Gasteiger partial charge in [-0.25, -0.2) is 4.68 Å². The van der Waals surface area contributed by atoms with Crippen LogP contribution in [0.5, 0.6) is 11.5 Å². The number of aromatic nitrogens is 1. The zero-order chi connectivity index (χ0) is 27.2. The molecule has 10 heteroatoms. The second kappa shape index (κ2) is 11.7. The highest BCUT2D eigenvalue weighted by Gasteiger charge is 2.21. The standard InChI is InChI=1S/C28H27ClN4O5/c1-17-6-4-5-7-21(17)31-26(34)23-16-19-15-20(29)9-10-22(19)33(23)32-28(36)27(35)30-13-12-18-8-11-24(37-2)25(14-18)38-3/h4-11,14-16H,12-13H2,1-3H3,(H,30,35)(H,31,34)(H,32,36). The highest BCUT2D eigenvalue weighted by atomic mass is 35.5. The Morgan fingerprint density at radius 3 is 2.39 bits per heavy atom. The first-order chi connectivity index (χ1) is 18.3. The van der Waals surface area contributed by atoms with Gasteiger partial charge in [-0.15, -0.1) is 0 Å². The van der Waals surface area contributed by atoms with Crippen molar-refractivity contribution in [2.75, 3.05) is 31.5 Å². The second-order valence-electron chi connectivity index (χ2n) is 8.47. The summed E-state index contributed by atoms with van der Waals surface area (Å²) in [5.74, 6) is -1.05. The van der Waals surface area contributed by atoms with E-state index in [0.29, 0.717) is 39.5 Å². The van der Waals surface area contributed by atoms with E-state index in [-0.39, 0.29) is 12.2 Å². The molecule has 4 rings (SSSR count). The molecule has 3 N–H and O–H groups in total. The molecule has 38 heavy (non-hydrogen) atoms.